The second-order valence-electron chi connectivity index (χ2n) is 5.02. The summed E-state index contributed by atoms with van der Waals surface area (Å²) in [6.45, 7) is 6.19. The molecule has 0 unspecified atom stereocenters. The number of hydrogen-bond acceptors (Lipinski definition) is 3. The molecular formula is C13H20N2O2S2. The van der Waals surface area contributed by atoms with Gasteiger partial charge in [-0.2, -0.15) is 0 Å². The number of hydrogen-bond donors (Lipinski definition) is 1. The monoisotopic (exact) mass is 300 g/mol. The second kappa shape index (κ2) is 5.98. The summed E-state index contributed by atoms with van der Waals surface area (Å²) < 4.78 is 26.2. The first-order valence-electron chi connectivity index (χ1n) is 6.03. The van der Waals surface area contributed by atoms with Crippen molar-refractivity contribution >= 4 is 27.2 Å². The average molecular weight is 300 g/mol. The first-order valence-corrected chi connectivity index (χ1v) is 7.88. The van der Waals surface area contributed by atoms with E-state index in [1.807, 2.05) is 13.8 Å². The highest BCUT2D eigenvalue weighted by Crippen LogP contribution is 2.21. The van der Waals surface area contributed by atoms with Crippen molar-refractivity contribution in [1.29, 1.82) is 0 Å². The van der Waals surface area contributed by atoms with Crippen LogP contribution < -0.4 is 5.73 Å². The van der Waals surface area contributed by atoms with E-state index in [4.69, 9.17) is 18.0 Å². The average Bonchev–Trinajstić information content (AvgIpc) is 2.27. The van der Waals surface area contributed by atoms with Gasteiger partial charge in [0, 0.05) is 19.2 Å². The van der Waals surface area contributed by atoms with E-state index in [1.54, 1.807) is 32.2 Å². The number of sulfonamides is 1. The van der Waals surface area contributed by atoms with E-state index in [0.29, 0.717) is 22.6 Å². The van der Waals surface area contributed by atoms with Crippen molar-refractivity contribution in [3.05, 3.63) is 29.3 Å². The molecule has 0 radical (unpaired) electrons. The van der Waals surface area contributed by atoms with Gasteiger partial charge in [-0.05, 0) is 30.5 Å². The zero-order chi connectivity index (χ0) is 14.8. The maximum Gasteiger partial charge on any atom is 0.243 e. The molecular weight excluding hydrogens is 280 g/mol. The van der Waals surface area contributed by atoms with Crippen LogP contribution in [0.5, 0.6) is 0 Å². The largest absolute Gasteiger partial charge is 0.389 e. The summed E-state index contributed by atoms with van der Waals surface area (Å²) in [6.07, 6.45) is 0. The smallest absolute Gasteiger partial charge is 0.243 e. The van der Waals surface area contributed by atoms with E-state index >= 15 is 0 Å². The third-order valence-electron chi connectivity index (χ3n) is 2.77. The van der Waals surface area contributed by atoms with Crippen LogP contribution in [0.3, 0.4) is 0 Å². The molecule has 0 aliphatic heterocycles. The van der Waals surface area contributed by atoms with E-state index in [0.717, 1.165) is 0 Å². The van der Waals surface area contributed by atoms with Crippen LogP contribution >= 0.6 is 12.2 Å². The predicted molar refractivity (Wildman–Crippen MR) is 81.7 cm³/mol. The Morgan fingerprint density at radius 3 is 2.42 bits per heavy atom. The molecule has 19 heavy (non-hydrogen) atoms. The van der Waals surface area contributed by atoms with Crippen LogP contribution in [0.15, 0.2) is 23.1 Å². The molecule has 0 bridgehead atoms. The number of rotatable bonds is 5. The van der Waals surface area contributed by atoms with Gasteiger partial charge in [-0.25, -0.2) is 12.7 Å². The van der Waals surface area contributed by atoms with Crippen LogP contribution in [0.4, 0.5) is 0 Å². The fraction of sp³-hybridized carbons (Fsp3) is 0.462. The molecule has 0 aromatic heterocycles. The molecule has 0 amide bonds. The minimum absolute atomic E-state index is 0.266. The van der Waals surface area contributed by atoms with Gasteiger partial charge in [-0.1, -0.05) is 32.1 Å². The van der Waals surface area contributed by atoms with Gasteiger partial charge >= 0.3 is 0 Å². The lowest BCUT2D eigenvalue weighted by molar-refractivity contribution is 0.417. The first-order chi connectivity index (χ1) is 8.66. The topological polar surface area (TPSA) is 63.4 Å². The first kappa shape index (κ1) is 16.1. The zero-order valence-electron chi connectivity index (χ0n) is 11.7. The third-order valence-corrected chi connectivity index (χ3v) is 4.99. The Morgan fingerprint density at radius 1 is 1.42 bits per heavy atom. The Balaban J connectivity index is 3.19. The molecule has 1 aromatic rings. The summed E-state index contributed by atoms with van der Waals surface area (Å²) in [5, 5.41) is 0. The molecule has 0 aliphatic rings. The van der Waals surface area contributed by atoms with E-state index in [1.165, 1.54) is 4.31 Å². The summed E-state index contributed by atoms with van der Waals surface area (Å²) in [5.74, 6) is 0.274. The van der Waals surface area contributed by atoms with Crippen LogP contribution in [0.2, 0.25) is 0 Å². The molecule has 106 valence electrons. The number of thiocarbonyl (C=S) groups is 1. The standard InChI is InChI=1S/C13H20N2O2S2/c1-9(2)8-15(4)19(16,17)12-6-5-11(13(14)18)7-10(12)3/h5-7,9H,8H2,1-4H3,(H2,14,18). The molecule has 6 heteroatoms. The quantitative estimate of drug-likeness (QED) is 0.844. The highest BCUT2D eigenvalue weighted by Gasteiger charge is 2.23. The Kier molecular flexibility index (Phi) is 5.06. The lowest BCUT2D eigenvalue weighted by Crippen LogP contribution is -2.31. The highest BCUT2D eigenvalue weighted by atomic mass is 32.2. The molecule has 0 saturated carbocycles. The lowest BCUT2D eigenvalue weighted by Gasteiger charge is -2.20. The highest BCUT2D eigenvalue weighted by molar-refractivity contribution is 7.89. The lowest BCUT2D eigenvalue weighted by atomic mass is 10.1. The summed E-state index contributed by atoms with van der Waals surface area (Å²) in [5.41, 5.74) is 6.87. The SMILES string of the molecule is Cc1cc(C(N)=S)ccc1S(=O)(=O)N(C)CC(C)C. The minimum atomic E-state index is -3.46. The van der Waals surface area contributed by atoms with Crippen LogP contribution in [0.1, 0.15) is 25.0 Å². The van der Waals surface area contributed by atoms with E-state index in [2.05, 4.69) is 0 Å². The van der Waals surface area contributed by atoms with Gasteiger partial charge in [0.25, 0.3) is 0 Å². The Morgan fingerprint density at radius 2 is 2.00 bits per heavy atom. The van der Waals surface area contributed by atoms with Crippen LogP contribution in [-0.2, 0) is 10.0 Å². The maximum atomic E-state index is 12.4. The molecule has 4 nitrogen and oxygen atoms in total. The van der Waals surface area contributed by atoms with Gasteiger partial charge in [0.05, 0.1) is 4.90 Å². The second-order valence-corrected chi connectivity index (χ2v) is 7.48. The third kappa shape index (κ3) is 3.75. The van der Waals surface area contributed by atoms with Crippen LogP contribution in [-0.4, -0.2) is 31.3 Å². The summed E-state index contributed by atoms with van der Waals surface area (Å²) >= 11 is 4.88. The van der Waals surface area contributed by atoms with Gasteiger partial charge in [0.1, 0.15) is 4.99 Å². The van der Waals surface area contributed by atoms with Crippen molar-refractivity contribution in [2.75, 3.05) is 13.6 Å². The molecule has 1 rings (SSSR count). The molecule has 0 heterocycles. The van der Waals surface area contributed by atoms with Gasteiger partial charge in [-0.15, -0.1) is 0 Å². The van der Waals surface area contributed by atoms with Crippen molar-refractivity contribution in [2.24, 2.45) is 11.7 Å². The number of aryl methyl sites for hydroxylation is 1. The maximum absolute atomic E-state index is 12.4. The van der Waals surface area contributed by atoms with Gasteiger partial charge < -0.3 is 5.73 Å². The molecule has 1 aromatic carbocycles. The van der Waals surface area contributed by atoms with E-state index in [9.17, 15) is 8.42 Å². The molecule has 0 spiro atoms. The Hall–Kier alpha value is -0.980. The zero-order valence-corrected chi connectivity index (χ0v) is 13.3. The number of benzene rings is 1. The normalized spacial score (nSPS) is 12.1. The van der Waals surface area contributed by atoms with E-state index in [-0.39, 0.29) is 10.9 Å². The Labute approximate surface area is 120 Å². The summed E-state index contributed by atoms with van der Waals surface area (Å²) in [7, 11) is -1.86. The van der Waals surface area contributed by atoms with Crippen molar-refractivity contribution in [3.63, 3.8) is 0 Å². The Bertz CT molecular complexity index is 580. The van der Waals surface area contributed by atoms with Crippen molar-refractivity contribution in [2.45, 2.75) is 25.7 Å². The van der Waals surface area contributed by atoms with Crippen molar-refractivity contribution in [3.8, 4) is 0 Å². The fourth-order valence-electron chi connectivity index (χ4n) is 1.87. The summed E-state index contributed by atoms with van der Waals surface area (Å²) in [4.78, 5) is 0.568. The van der Waals surface area contributed by atoms with Gasteiger partial charge in [-0.3, -0.25) is 0 Å². The van der Waals surface area contributed by atoms with Crippen LogP contribution in [0.25, 0.3) is 0 Å². The van der Waals surface area contributed by atoms with Crippen molar-refractivity contribution < 1.29 is 8.42 Å². The minimum Gasteiger partial charge on any atom is -0.389 e. The molecule has 2 N–H and O–H groups in total. The predicted octanol–water partition coefficient (Wildman–Crippen LogP) is 1.91. The van der Waals surface area contributed by atoms with Crippen LogP contribution in [0, 0.1) is 12.8 Å². The molecule has 0 aliphatic carbocycles. The number of nitrogens with zero attached hydrogens (tertiary/aromatic N) is 1. The summed E-state index contributed by atoms with van der Waals surface area (Å²) in [6, 6.07) is 4.92. The molecule has 0 fully saturated rings. The number of nitrogens with two attached hydrogens (primary N) is 1. The van der Waals surface area contributed by atoms with Gasteiger partial charge in [0.2, 0.25) is 10.0 Å². The molecule has 0 saturated heterocycles. The fourth-order valence-corrected chi connectivity index (χ4v) is 3.54. The van der Waals surface area contributed by atoms with Crippen molar-refractivity contribution in [1.82, 2.24) is 4.31 Å². The van der Waals surface area contributed by atoms with E-state index < -0.39 is 10.0 Å². The molecule has 0 atom stereocenters. The van der Waals surface area contributed by atoms with Gasteiger partial charge in [0.15, 0.2) is 0 Å².